The van der Waals surface area contributed by atoms with Crippen LogP contribution in [-0.4, -0.2) is 71.0 Å². The maximum atomic E-state index is 12.4. The van der Waals surface area contributed by atoms with Crippen LogP contribution in [0.1, 0.15) is 37.6 Å². The maximum Gasteiger partial charge on any atom is 0.319 e. The number of aromatic nitrogens is 2. The summed E-state index contributed by atoms with van der Waals surface area (Å²) in [5.74, 6) is 0.498. The molecule has 0 unspecified atom stereocenters. The predicted octanol–water partition coefficient (Wildman–Crippen LogP) is 1.87. The third-order valence-corrected chi connectivity index (χ3v) is 4.99. The van der Waals surface area contributed by atoms with Gasteiger partial charge in [0.1, 0.15) is 0 Å². The molecule has 2 heterocycles. The van der Waals surface area contributed by atoms with Crippen LogP contribution in [0, 0.1) is 0 Å². The van der Waals surface area contributed by atoms with E-state index in [1.165, 1.54) is 0 Å². The van der Waals surface area contributed by atoms with E-state index < -0.39 is 6.03 Å². The smallest absolute Gasteiger partial charge is 0.319 e. The number of benzene rings is 1. The Morgan fingerprint density at radius 2 is 1.61 bits per heavy atom. The van der Waals surface area contributed by atoms with Gasteiger partial charge in [-0.25, -0.2) is 14.8 Å². The van der Waals surface area contributed by atoms with Crippen LogP contribution in [0.3, 0.4) is 0 Å². The van der Waals surface area contributed by atoms with Crippen LogP contribution in [0.5, 0.6) is 0 Å². The number of rotatable bonds is 6. The quantitative estimate of drug-likeness (QED) is 0.614. The van der Waals surface area contributed by atoms with Gasteiger partial charge in [-0.2, -0.15) is 0 Å². The van der Waals surface area contributed by atoms with Gasteiger partial charge in [0.15, 0.2) is 0 Å². The minimum Gasteiger partial charge on any atom is -0.347 e. The molecule has 176 valence electrons. The second-order valence-electron chi connectivity index (χ2n) is 8.83. The average molecular weight is 454 g/mol. The Kier molecular flexibility index (Phi) is 7.81. The normalized spacial score (nSPS) is 13.9. The Labute approximate surface area is 193 Å². The van der Waals surface area contributed by atoms with Crippen LogP contribution in [0.2, 0.25) is 0 Å². The van der Waals surface area contributed by atoms with Crippen molar-refractivity contribution in [3.8, 4) is 0 Å². The number of hydrogen-bond acceptors (Lipinski definition) is 6. The van der Waals surface area contributed by atoms with Crippen molar-refractivity contribution in [1.82, 2.24) is 25.5 Å². The highest BCUT2D eigenvalue weighted by molar-refractivity contribution is 5.96. The summed E-state index contributed by atoms with van der Waals surface area (Å²) in [6.45, 7) is 8.51. The largest absolute Gasteiger partial charge is 0.347 e. The monoisotopic (exact) mass is 453 g/mol. The number of nitrogens with one attached hydrogen (secondary N) is 3. The molecule has 1 saturated heterocycles. The fraction of sp³-hybridized carbons (Fsp3) is 0.435. The Balaban J connectivity index is 1.36. The van der Waals surface area contributed by atoms with Crippen LogP contribution < -0.4 is 20.9 Å². The molecule has 2 aromatic rings. The molecule has 3 rings (SSSR count). The maximum absolute atomic E-state index is 12.4. The van der Waals surface area contributed by atoms with Gasteiger partial charge in [0.05, 0.1) is 0 Å². The molecule has 0 atom stereocenters. The topological polar surface area (TPSA) is 120 Å². The van der Waals surface area contributed by atoms with Gasteiger partial charge in [-0.15, -0.1) is 0 Å². The zero-order valence-electron chi connectivity index (χ0n) is 19.3. The van der Waals surface area contributed by atoms with E-state index in [2.05, 4.69) is 25.9 Å². The Morgan fingerprint density at radius 1 is 0.970 bits per heavy atom. The van der Waals surface area contributed by atoms with E-state index in [0.717, 1.165) is 0 Å². The second kappa shape index (κ2) is 10.8. The van der Waals surface area contributed by atoms with Gasteiger partial charge >= 0.3 is 6.03 Å². The van der Waals surface area contributed by atoms with Crippen molar-refractivity contribution in [2.45, 2.75) is 32.7 Å². The molecule has 10 nitrogen and oxygen atoms in total. The number of carbonyl (C=O) groups is 3. The van der Waals surface area contributed by atoms with Crippen molar-refractivity contribution >= 4 is 29.5 Å². The summed E-state index contributed by atoms with van der Waals surface area (Å²) in [5.41, 5.74) is 0.751. The first-order valence-corrected chi connectivity index (χ1v) is 11.0. The number of amides is 4. The van der Waals surface area contributed by atoms with Crippen molar-refractivity contribution in [3.63, 3.8) is 0 Å². The average Bonchev–Trinajstić information content (AvgIpc) is 2.79. The van der Waals surface area contributed by atoms with Gasteiger partial charge < -0.3 is 25.8 Å². The highest BCUT2D eigenvalue weighted by Gasteiger charge is 2.22. The summed E-state index contributed by atoms with van der Waals surface area (Å²) in [7, 11) is 0. The van der Waals surface area contributed by atoms with Gasteiger partial charge in [-0.3, -0.25) is 9.59 Å². The molecule has 0 bridgehead atoms. The molecule has 1 aromatic heterocycles. The number of carbonyl (C=O) groups excluding carboxylic acids is 3. The highest BCUT2D eigenvalue weighted by Crippen LogP contribution is 2.12. The molecule has 3 N–H and O–H groups in total. The highest BCUT2D eigenvalue weighted by atomic mass is 16.2. The minimum atomic E-state index is -0.402. The first-order valence-electron chi connectivity index (χ1n) is 11.0. The molecule has 1 aliphatic rings. The lowest BCUT2D eigenvalue weighted by Gasteiger charge is -2.34. The summed E-state index contributed by atoms with van der Waals surface area (Å²) >= 11 is 0. The van der Waals surface area contributed by atoms with Crippen LogP contribution in [-0.2, 0) is 4.79 Å². The van der Waals surface area contributed by atoms with Gasteiger partial charge in [0, 0.05) is 68.3 Å². The summed E-state index contributed by atoms with van der Waals surface area (Å²) in [4.78, 5) is 49.1. The molecule has 4 amide bonds. The van der Waals surface area contributed by atoms with Gasteiger partial charge in [0.25, 0.3) is 5.91 Å². The van der Waals surface area contributed by atoms with E-state index in [-0.39, 0.29) is 30.3 Å². The van der Waals surface area contributed by atoms with Crippen molar-refractivity contribution in [2.75, 3.05) is 42.9 Å². The molecule has 1 aromatic carbocycles. The lowest BCUT2D eigenvalue weighted by molar-refractivity contribution is -0.131. The van der Waals surface area contributed by atoms with Crippen molar-refractivity contribution in [3.05, 3.63) is 48.3 Å². The molecule has 1 fully saturated rings. The summed E-state index contributed by atoms with van der Waals surface area (Å²) in [6.07, 6.45) is 3.63. The van der Waals surface area contributed by atoms with E-state index in [4.69, 9.17) is 0 Å². The number of nitrogens with zero attached hydrogens (tertiary/aromatic N) is 4. The first kappa shape index (κ1) is 24.0. The molecule has 0 spiro atoms. The lowest BCUT2D eigenvalue weighted by atomic mass is 10.1. The van der Waals surface area contributed by atoms with Gasteiger partial charge in [0.2, 0.25) is 11.9 Å². The Hall–Kier alpha value is -3.69. The predicted molar refractivity (Wildman–Crippen MR) is 126 cm³/mol. The Morgan fingerprint density at radius 3 is 2.21 bits per heavy atom. The van der Waals surface area contributed by atoms with Crippen LogP contribution in [0.4, 0.5) is 16.4 Å². The molecular formula is C23H31N7O3. The van der Waals surface area contributed by atoms with E-state index >= 15 is 0 Å². The fourth-order valence-corrected chi connectivity index (χ4v) is 3.34. The second-order valence-corrected chi connectivity index (χ2v) is 8.83. The number of piperazine rings is 1. The van der Waals surface area contributed by atoms with Crippen molar-refractivity contribution in [1.29, 1.82) is 0 Å². The molecule has 33 heavy (non-hydrogen) atoms. The van der Waals surface area contributed by atoms with E-state index in [9.17, 15) is 14.4 Å². The number of anilines is 2. The van der Waals surface area contributed by atoms with Crippen LogP contribution in [0.25, 0.3) is 0 Å². The van der Waals surface area contributed by atoms with E-state index in [1.54, 1.807) is 47.6 Å². The molecule has 1 aliphatic heterocycles. The minimum absolute atomic E-state index is 0.00172. The SMILES string of the molecule is CC(C)(C)NC(=O)c1ccc(NC(=O)NCCC(=O)N2CCN(c3ncccn3)CC2)cc1. The zero-order valence-corrected chi connectivity index (χ0v) is 19.3. The van der Waals surface area contributed by atoms with E-state index in [1.807, 2.05) is 25.7 Å². The third kappa shape index (κ3) is 7.44. The van der Waals surface area contributed by atoms with Crippen molar-refractivity contribution < 1.29 is 14.4 Å². The molecular weight excluding hydrogens is 422 g/mol. The Bertz CT molecular complexity index is 950. The summed E-state index contributed by atoms with van der Waals surface area (Å²) < 4.78 is 0. The molecule has 0 aliphatic carbocycles. The van der Waals surface area contributed by atoms with Crippen LogP contribution in [0.15, 0.2) is 42.7 Å². The molecule has 10 heteroatoms. The number of urea groups is 1. The third-order valence-electron chi connectivity index (χ3n) is 4.99. The first-order chi connectivity index (χ1) is 15.7. The molecule has 0 radical (unpaired) electrons. The lowest BCUT2D eigenvalue weighted by Crippen LogP contribution is -2.49. The zero-order chi connectivity index (χ0) is 23.8. The van der Waals surface area contributed by atoms with Gasteiger partial charge in [-0.1, -0.05) is 0 Å². The molecule has 0 saturated carbocycles. The standard InChI is InChI=1S/C23H31N7O3/c1-23(2,3)28-20(32)17-5-7-18(8-6-17)27-22(33)26-12-9-19(31)29-13-15-30(16-14-29)21-24-10-4-11-25-21/h4-8,10-11H,9,12-16H2,1-3H3,(H,28,32)(H2,26,27,33). The van der Waals surface area contributed by atoms with E-state index in [0.29, 0.717) is 43.4 Å². The summed E-state index contributed by atoms with van der Waals surface area (Å²) in [5, 5.41) is 8.29. The number of hydrogen-bond donors (Lipinski definition) is 3. The van der Waals surface area contributed by atoms with Crippen LogP contribution >= 0.6 is 0 Å². The van der Waals surface area contributed by atoms with Gasteiger partial charge in [-0.05, 0) is 51.1 Å². The fourth-order valence-electron chi connectivity index (χ4n) is 3.34. The summed E-state index contributed by atoms with van der Waals surface area (Å²) in [6, 6.07) is 8.01. The van der Waals surface area contributed by atoms with Crippen molar-refractivity contribution in [2.24, 2.45) is 0 Å².